The van der Waals surface area contributed by atoms with E-state index >= 15 is 0 Å². The molecule has 0 bridgehead atoms. The van der Waals surface area contributed by atoms with E-state index in [0.29, 0.717) is 12.1 Å². The number of aliphatic imine (C=N–C) groups is 1. The van der Waals surface area contributed by atoms with Gasteiger partial charge in [-0.25, -0.2) is 4.99 Å². The summed E-state index contributed by atoms with van der Waals surface area (Å²) in [4.78, 5) is 9.88. The first-order chi connectivity index (χ1) is 13.7. The molecule has 2 N–H and O–H groups in total. The summed E-state index contributed by atoms with van der Waals surface area (Å²) >= 11 is 2.05. The molecule has 6 heteroatoms. The smallest absolute Gasteiger partial charge is 0.191 e. The lowest BCUT2D eigenvalue weighted by Crippen LogP contribution is -2.49. The predicted molar refractivity (Wildman–Crippen MR) is 124 cm³/mol. The van der Waals surface area contributed by atoms with E-state index in [1.807, 2.05) is 0 Å². The lowest BCUT2D eigenvalue weighted by molar-refractivity contribution is 0.167. The van der Waals surface area contributed by atoms with Crippen LogP contribution in [0.15, 0.2) is 29.3 Å². The average Bonchev–Trinajstić information content (AvgIpc) is 2.73. The highest BCUT2D eigenvalue weighted by Crippen LogP contribution is 2.20. The van der Waals surface area contributed by atoms with E-state index in [-0.39, 0.29) is 0 Å². The monoisotopic (exact) mass is 403 g/mol. The van der Waals surface area contributed by atoms with E-state index in [9.17, 15) is 0 Å². The second-order valence-electron chi connectivity index (χ2n) is 8.01. The Hall–Kier alpha value is -1.40. The van der Waals surface area contributed by atoms with Crippen molar-refractivity contribution in [1.29, 1.82) is 0 Å². The normalized spacial score (nSPS) is 19.9. The number of thioether (sulfide) groups is 1. The van der Waals surface area contributed by atoms with E-state index < -0.39 is 0 Å². The van der Waals surface area contributed by atoms with Gasteiger partial charge >= 0.3 is 0 Å². The number of hydrogen-bond donors (Lipinski definition) is 2. The summed E-state index contributed by atoms with van der Waals surface area (Å²) in [6.45, 7) is 13.0. The Morgan fingerprint density at radius 3 is 2.39 bits per heavy atom. The van der Waals surface area contributed by atoms with Crippen LogP contribution in [0, 0.1) is 0 Å². The van der Waals surface area contributed by atoms with E-state index in [1.54, 1.807) is 0 Å². The highest BCUT2D eigenvalue weighted by molar-refractivity contribution is 7.99. The third-order valence-corrected chi connectivity index (χ3v) is 6.62. The van der Waals surface area contributed by atoms with Crippen LogP contribution in [0.4, 0.5) is 5.69 Å². The van der Waals surface area contributed by atoms with Crippen LogP contribution in [-0.2, 0) is 6.54 Å². The van der Waals surface area contributed by atoms with Crippen LogP contribution >= 0.6 is 11.8 Å². The van der Waals surface area contributed by atoms with Gasteiger partial charge in [0.15, 0.2) is 5.96 Å². The molecule has 0 radical (unpaired) electrons. The summed E-state index contributed by atoms with van der Waals surface area (Å²) in [6, 6.07) is 10.1. The van der Waals surface area contributed by atoms with Crippen LogP contribution in [0.5, 0.6) is 0 Å². The highest BCUT2D eigenvalue weighted by Gasteiger charge is 2.21. The largest absolute Gasteiger partial charge is 0.370 e. The number of rotatable bonds is 6. The minimum Gasteiger partial charge on any atom is -0.370 e. The van der Waals surface area contributed by atoms with Gasteiger partial charge in [0.05, 0.1) is 6.54 Å². The van der Waals surface area contributed by atoms with Crippen molar-refractivity contribution >= 4 is 23.4 Å². The van der Waals surface area contributed by atoms with Crippen molar-refractivity contribution in [3.8, 4) is 0 Å². The van der Waals surface area contributed by atoms with E-state index in [2.05, 4.69) is 77.2 Å². The Bertz CT molecular complexity index is 602. The molecule has 2 aliphatic rings. The molecule has 5 nitrogen and oxygen atoms in total. The second-order valence-corrected chi connectivity index (χ2v) is 9.23. The van der Waals surface area contributed by atoms with E-state index in [0.717, 1.165) is 32.1 Å². The predicted octanol–water partition coefficient (Wildman–Crippen LogP) is 3.17. The molecule has 0 amide bonds. The van der Waals surface area contributed by atoms with Gasteiger partial charge in [0.2, 0.25) is 0 Å². The van der Waals surface area contributed by atoms with Crippen molar-refractivity contribution in [1.82, 2.24) is 15.5 Å². The molecule has 0 atom stereocenters. The number of hydrogen-bond acceptors (Lipinski definition) is 4. The fourth-order valence-corrected chi connectivity index (χ4v) is 4.78. The summed E-state index contributed by atoms with van der Waals surface area (Å²) in [7, 11) is 0. The maximum absolute atomic E-state index is 4.84. The van der Waals surface area contributed by atoms with Crippen LogP contribution in [0.1, 0.15) is 39.2 Å². The number of benzene rings is 1. The zero-order valence-electron chi connectivity index (χ0n) is 17.8. The zero-order chi connectivity index (χ0) is 19.8. The zero-order valence-corrected chi connectivity index (χ0v) is 18.6. The minimum absolute atomic E-state index is 0.521. The molecule has 156 valence electrons. The number of likely N-dealkylation sites (tertiary alicyclic amines) is 1. The van der Waals surface area contributed by atoms with Crippen LogP contribution in [-0.4, -0.2) is 67.2 Å². The molecule has 2 saturated heterocycles. The number of nitrogens with zero attached hydrogens (tertiary/aromatic N) is 3. The molecule has 0 aromatic heterocycles. The first kappa shape index (κ1) is 21.3. The van der Waals surface area contributed by atoms with Crippen LogP contribution in [0.3, 0.4) is 0 Å². The van der Waals surface area contributed by atoms with E-state index in [4.69, 9.17) is 4.99 Å². The Labute approximate surface area is 175 Å². The van der Waals surface area contributed by atoms with Crippen molar-refractivity contribution in [2.45, 2.75) is 52.2 Å². The minimum atomic E-state index is 0.521. The number of piperidine rings is 1. The van der Waals surface area contributed by atoms with Gasteiger partial charge in [-0.05, 0) is 51.3 Å². The van der Waals surface area contributed by atoms with Crippen molar-refractivity contribution in [3.05, 3.63) is 29.8 Å². The quantitative estimate of drug-likeness (QED) is 0.564. The number of anilines is 1. The van der Waals surface area contributed by atoms with Crippen LogP contribution in [0.25, 0.3) is 0 Å². The fourth-order valence-electron chi connectivity index (χ4n) is 3.88. The number of nitrogens with one attached hydrogen (secondary N) is 2. The maximum Gasteiger partial charge on any atom is 0.191 e. The van der Waals surface area contributed by atoms with E-state index in [1.165, 1.54) is 48.7 Å². The lowest BCUT2D eigenvalue weighted by atomic mass is 10.0. The molecule has 0 aliphatic carbocycles. The first-order valence-corrected chi connectivity index (χ1v) is 12.0. The molecule has 28 heavy (non-hydrogen) atoms. The van der Waals surface area contributed by atoms with Gasteiger partial charge in [-0.3, -0.25) is 0 Å². The second kappa shape index (κ2) is 11.0. The molecule has 2 heterocycles. The SMILES string of the molecule is CCNC(=NCc1ccc(N2CCSCC2)cc1)NC1CCN(C(C)C)CC1. The Morgan fingerprint density at radius 2 is 1.79 bits per heavy atom. The van der Waals surface area contributed by atoms with Gasteiger partial charge in [0, 0.05) is 62.0 Å². The standard InChI is InChI=1S/C22H37N5S/c1-4-23-22(25-20-9-11-26(12-10-20)18(2)3)24-17-19-5-7-21(8-6-19)27-13-15-28-16-14-27/h5-8,18,20H,4,9-17H2,1-3H3,(H2,23,24,25). The third-order valence-electron chi connectivity index (χ3n) is 5.68. The van der Waals surface area contributed by atoms with Crippen molar-refractivity contribution in [2.75, 3.05) is 49.1 Å². The van der Waals surface area contributed by atoms with Gasteiger partial charge in [-0.15, -0.1) is 0 Å². The average molecular weight is 404 g/mol. The van der Waals surface area contributed by atoms with Crippen LogP contribution < -0.4 is 15.5 Å². The topological polar surface area (TPSA) is 42.9 Å². The summed E-state index contributed by atoms with van der Waals surface area (Å²) in [5, 5.41) is 7.06. The summed E-state index contributed by atoms with van der Waals surface area (Å²) in [5.41, 5.74) is 2.61. The lowest BCUT2D eigenvalue weighted by Gasteiger charge is -2.35. The fraction of sp³-hybridized carbons (Fsp3) is 0.682. The summed E-state index contributed by atoms with van der Waals surface area (Å²) in [6.07, 6.45) is 2.37. The third kappa shape index (κ3) is 6.31. The maximum atomic E-state index is 4.84. The van der Waals surface area contributed by atoms with Gasteiger partial charge < -0.3 is 20.4 Å². The molecule has 0 unspecified atom stereocenters. The summed E-state index contributed by atoms with van der Waals surface area (Å²) in [5.74, 6) is 3.42. The van der Waals surface area contributed by atoms with Gasteiger partial charge in [-0.1, -0.05) is 12.1 Å². The Balaban J connectivity index is 1.52. The molecule has 0 saturated carbocycles. The van der Waals surface area contributed by atoms with Crippen molar-refractivity contribution < 1.29 is 0 Å². The Kier molecular flexibility index (Phi) is 8.34. The molecule has 2 aliphatic heterocycles. The van der Waals surface area contributed by atoms with Crippen LogP contribution in [0.2, 0.25) is 0 Å². The Morgan fingerprint density at radius 1 is 1.11 bits per heavy atom. The van der Waals surface area contributed by atoms with Gasteiger partial charge in [0.1, 0.15) is 0 Å². The molecule has 2 fully saturated rings. The number of guanidine groups is 1. The molecular formula is C22H37N5S. The van der Waals surface area contributed by atoms with Gasteiger partial charge in [0.25, 0.3) is 0 Å². The highest BCUT2D eigenvalue weighted by atomic mass is 32.2. The molecule has 1 aromatic rings. The van der Waals surface area contributed by atoms with Crippen molar-refractivity contribution in [3.63, 3.8) is 0 Å². The molecule has 0 spiro atoms. The summed E-state index contributed by atoms with van der Waals surface area (Å²) < 4.78 is 0. The van der Waals surface area contributed by atoms with Gasteiger partial charge in [-0.2, -0.15) is 11.8 Å². The molecular weight excluding hydrogens is 366 g/mol. The first-order valence-electron chi connectivity index (χ1n) is 10.9. The molecule has 3 rings (SSSR count). The van der Waals surface area contributed by atoms with Crippen molar-refractivity contribution in [2.24, 2.45) is 4.99 Å². The molecule has 1 aromatic carbocycles.